The molecule has 19 heavy (non-hydrogen) atoms. The third kappa shape index (κ3) is 2.33. The molecular weight excluding hydrogens is 268 g/mol. The van der Waals surface area contributed by atoms with Crippen molar-refractivity contribution < 1.29 is 14.4 Å². The largest absolute Gasteiger partial charge is 0.326 e. The van der Waals surface area contributed by atoms with Crippen molar-refractivity contribution in [1.29, 1.82) is 0 Å². The van der Waals surface area contributed by atoms with E-state index in [4.69, 9.17) is 11.6 Å². The number of carbonyl (C=O) groups excluding carboxylic acids is 3. The molecule has 1 N–H and O–H groups in total. The molecule has 1 aromatic rings. The standard InChI is InChI=1S/C13H13ClN2O3/c1-7(6-14)11(17)15-8-3-4-9-10(5-8)13(19)16(2)12(9)18/h3-5,7H,6H2,1-2H3,(H,15,17). The van der Waals surface area contributed by atoms with Crippen molar-refractivity contribution in [3.63, 3.8) is 0 Å². The van der Waals surface area contributed by atoms with Gasteiger partial charge in [0.25, 0.3) is 11.8 Å². The van der Waals surface area contributed by atoms with Crippen LogP contribution < -0.4 is 5.32 Å². The van der Waals surface area contributed by atoms with Gasteiger partial charge in [-0.2, -0.15) is 0 Å². The number of imide groups is 1. The van der Waals surface area contributed by atoms with Crippen LogP contribution in [0.1, 0.15) is 27.6 Å². The first kappa shape index (κ1) is 13.5. The number of fused-ring (bicyclic) bond motifs is 1. The Balaban J connectivity index is 2.26. The monoisotopic (exact) mass is 280 g/mol. The number of hydrogen-bond acceptors (Lipinski definition) is 3. The summed E-state index contributed by atoms with van der Waals surface area (Å²) in [6, 6.07) is 4.65. The van der Waals surface area contributed by atoms with Crippen LogP contribution in [-0.4, -0.2) is 35.5 Å². The molecule has 1 aliphatic rings. The smallest absolute Gasteiger partial charge is 0.261 e. The molecule has 0 fully saturated rings. The van der Waals surface area contributed by atoms with Crippen LogP contribution in [0.3, 0.4) is 0 Å². The summed E-state index contributed by atoms with van der Waals surface area (Å²) < 4.78 is 0. The van der Waals surface area contributed by atoms with Crippen LogP contribution in [0.5, 0.6) is 0 Å². The highest BCUT2D eigenvalue weighted by Gasteiger charge is 2.32. The number of anilines is 1. The predicted molar refractivity (Wildman–Crippen MR) is 71.4 cm³/mol. The molecule has 6 heteroatoms. The van der Waals surface area contributed by atoms with Gasteiger partial charge >= 0.3 is 0 Å². The molecule has 3 amide bonds. The average Bonchev–Trinajstić information content (AvgIpc) is 2.63. The number of rotatable bonds is 3. The molecule has 0 radical (unpaired) electrons. The van der Waals surface area contributed by atoms with Crippen molar-refractivity contribution in [2.75, 3.05) is 18.2 Å². The first-order valence-corrected chi connectivity index (χ1v) is 6.32. The molecule has 1 aliphatic heterocycles. The molecule has 100 valence electrons. The molecule has 1 atom stereocenters. The number of amides is 3. The normalized spacial score (nSPS) is 15.4. The van der Waals surface area contributed by atoms with Gasteiger partial charge in [-0.05, 0) is 18.2 Å². The summed E-state index contributed by atoms with van der Waals surface area (Å²) in [5.41, 5.74) is 1.15. The summed E-state index contributed by atoms with van der Waals surface area (Å²) in [6.07, 6.45) is 0. The fraction of sp³-hybridized carbons (Fsp3) is 0.308. The topological polar surface area (TPSA) is 66.5 Å². The van der Waals surface area contributed by atoms with E-state index in [1.165, 1.54) is 13.1 Å². The maximum Gasteiger partial charge on any atom is 0.261 e. The molecule has 0 saturated heterocycles. The van der Waals surface area contributed by atoms with Crippen molar-refractivity contribution in [2.45, 2.75) is 6.92 Å². The zero-order valence-corrected chi connectivity index (χ0v) is 11.3. The quantitative estimate of drug-likeness (QED) is 0.677. The summed E-state index contributed by atoms with van der Waals surface area (Å²) in [6.45, 7) is 1.71. The highest BCUT2D eigenvalue weighted by atomic mass is 35.5. The SMILES string of the molecule is CC(CCl)C(=O)Nc1ccc2c(c1)C(=O)N(C)C2=O. The minimum absolute atomic E-state index is 0.219. The van der Waals surface area contributed by atoms with E-state index in [9.17, 15) is 14.4 Å². The van der Waals surface area contributed by atoms with Gasteiger partial charge in [0.05, 0.1) is 11.1 Å². The minimum atomic E-state index is -0.360. The molecule has 1 heterocycles. The molecule has 0 spiro atoms. The van der Waals surface area contributed by atoms with E-state index in [-0.39, 0.29) is 29.5 Å². The lowest BCUT2D eigenvalue weighted by Crippen LogP contribution is -2.24. The molecular formula is C13H13ClN2O3. The molecule has 1 unspecified atom stereocenters. The number of benzene rings is 1. The van der Waals surface area contributed by atoms with E-state index in [0.717, 1.165) is 4.90 Å². The van der Waals surface area contributed by atoms with Gasteiger partial charge in [-0.1, -0.05) is 6.92 Å². The average molecular weight is 281 g/mol. The summed E-state index contributed by atoms with van der Waals surface area (Å²) in [4.78, 5) is 36.3. The van der Waals surface area contributed by atoms with Gasteiger partial charge in [-0.25, -0.2) is 0 Å². The van der Waals surface area contributed by atoms with Crippen LogP contribution in [0.15, 0.2) is 18.2 Å². The van der Waals surface area contributed by atoms with Gasteiger partial charge < -0.3 is 5.32 Å². The highest BCUT2D eigenvalue weighted by Crippen LogP contribution is 2.24. The van der Waals surface area contributed by atoms with Crippen molar-refractivity contribution in [1.82, 2.24) is 4.90 Å². The van der Waals surface area contributed by atoms with E-state index >= 15 is 0 Å². The number of nitrogens with zero attached hydrogens (tertiary/aromatic N) is 1. The van der Waals surface area contributed by atoms with E-state index in [2.05, 4.69) is 5.32 Å². The second-order valence-electron chi connectivity index (χ2n) is 4.47. The van der Waals surface area contributed by atoms with Gasteiger partial charge in [0, 0.05) is 24.5 Å². The van der Waals surface area contributed by atoms with E-state index < -0.39 is 0 Å². The fourth-order valence-corrected chi connectivity index (χ4v) is 1.91. The van der Waals surface area contributed by atoms with E-state index in [1.807, 2.05) is 0 Å². The predicted octanol–water partition coefficient (Wildman–Crippen LogP) is 1.73. The third-order valence-corrected chi connectivity index (χ3v) is 3.50. The summed E-state index contributed by atoms with van der Waals surface area (Å²) in [5.74, 6) is -1.01. The Morgan fingerprint density at radius 1 is 1.32 bits per heavy atom. The van der Waals surface area contributed by atoms with Crippen LogP contribution in [0.25, 0.3) is 0 Å². The van der Waals surface area contributed by atoms with Crippen LogP contribution in [0.4, 0.5) is 5.69 Å². The fourth-order valence-electron chi connectivity index (χ4n) is 1.77. The van der Waals surface area contributed by atoms with Crippen LogP contribution >= 0.6 is 11.6 Å². The number of halogens is 1. The Bertz CT molecular complexity index is 571. The Labute approximate surface area is 115 Å². The van der Waals surface area contributed by atoms with Gasteiger partial charge in [0.2, 0.25) is 5.91 Å². The molecule has 0 bridgehead atoms. The van der Waals surface area contributed by atoms with E-state index in [1.54, 1.807) is 19.1 Å². The number of nitrogens with one attached hydrogen (secondary N) is 1. The number of hydrogen-bond donors (Lipinski definition) is 1. The Morgan fingerprint density at radius 3 is 2.58 bits per heavy atom. The second-order valence-corrected chi connectivity index (χ2v) is 4.78. The van der Waals surface area contributed by atoms with Crippen LogP contribution in [0.2, 0.25) is 0 Å². The summed E-state index contributed by atoms with van der Waals surface area (Å²) in [7, 11) is 1.43. The van der Waals surface area contributed by atoms with Crippen LogP contribution in [0, 0.1) is 5.92 Å². The van der Waals surface area contributed by atoms with E-state index in [0.29, 0.717) is 16.8 Å². The highest BCUT2D eigenvalue weighted by molar-refractivity contribution is 6.22. The number of alkyl halides is 1. The molecule has 0 aromatic heterocycles. The Hall–Kier alpha value is -1.88. The lowest BCUT2D eigenvalue weighted by molar-refractivity contribution is -0.118. The zero-order valence-electron chi connectivity index (χ0n) is 10.6. The van der Waals surface area contributed by atoms with Gasteiger partial charge in [0.1, 0.15) is 0 Å². The molecule has 1 aromatic carbocycles. The Kier molecular flexibility index (Phi) is 3.57. The first-order valence-electron chi connectivity index (χ1n) is 5.79. The molecule has 5 nitrogen and oxygen atoms in total. The minimum Gasteiger partial charge on any atom is -0.326 e. The zero-order chi connectivity index (χ0) is 14.2. The summed E-state index contributed by atoms with van der Waals surface area (Å²) in [5, 5.41) is 2.67. The molecule has 0 aliphatic carbocycles. The second kappa shape index (κ2) is 5.01. The lowest BCUT2D eigenvalue weighted by Gasteiger charge is -2.09. The number of carbonyl (C=O) groups is 3. The van der Waals surface area contributed by atoms with Gasteiger partial charge in [-0.3, -0.25) is 19.3 Å². The van der Waals surface area contributed by atoms with Crippen LogP contribution in [-0.2, 0) is 4.79 Å². The van der Waals surface area contributed by atoms with Crippen molar-refractivity contribution >= 4 is 35.0 Å². The summed E-state index contributed by atoms with van der Waals surface area (Å²) >= 11 is 5.60. The van der Waals surface area contributed by atoms with Crippen molar-refractivity contribution in [2.24, 2.45) is 5.92 Å². The maximum absolute atomic E-state index is 11.8. The lowest BCUT2D eigenvalue weighted by atomic mass is 10.1. The third-order valence-electron chi connectivity index (χ3n) is 3.04. The van der Waals surface area contributed by atoms with Gasteiger partial charge in [0.15, 0.2) is 0 Å². The van der Waals surface area contributed by atoms with Crippen molar-refractivity contribution in [3.8, 4) is 0 Å². The Morgan fingerprint density at radius 2 is 1.95 bits per heavy atom. The molecule has 2 rings (SSSR count). The van der Waals surface area contributed by atoms with Gasteiger partial charge in [-0.15, -0.1) is 11.6 Å². The first-order chi connectivity index (χ1) is 8.95. The maximum atomic E-state index is 11.8. The molecule has 0 saturated carbocycles. The van der Waals surface area contributed by atoms with Crippen molar-refractivity contribution in [3.05, 3.63) is 29.3 Å².